The Bertz CT molecular complexity index is 378. The second-order valence-corrected chi connectivity index (χ2v) is 3.13. The second kappa shape index (κ2) is 5.61. The summed E-state index contributed by atoms with van der Waals surface area (Å²) in [5, 5.41) is 0. The van der Waals surface area contributed by atoms with Gasteiger partial charge in [-0.25, -0.2) is 0 Å². The molecular formula is C11H13ClO4. The third-order valence-electron chi connectivity index (χ3n) is 2.03. The van der Waals surface area contributed by atoms with Gasteiger partial charge in [0.2, 0.25) is 0 Å². The van der Waals surface area contributed by atoms with Crippen LogP contribution in [0.4, 0.5) is 0 Å². The number of ether oxygens (including phenoxy) is 3. The molecule has 0 atom stereocenters. The van der Waals surface area contributed by atoms with Crippen molar-refractivity contribution in [2.45, 2.75) is 13.3 Å². The normalized spacial score (nSPS) is 12.6. The van der Waals surface area contributed by atoms with E-state index in [-0.39, 0.29) is 18.4 Å². The summed E-state index contributed by atoms with van der Waals surface area (Å²) >= 11 is 0. The van der Waals surface area contributed by atoms with Crippen molar-refractivity contribution in [3.63, 3.8) is 0 Å². The second-order valence-electron chi connectivity index (χ2n) is 3.13. The predicted octanol–water partition coefficient (Wildman–Crippen LogP) is 2.20. The molecule has 88 valence electrons. The Hall–Kier alpha value is -1.42. The van der Waals surface area contributed by atoms with Gasteiger partial charge in [0.05, 0.1) is 0 Å². The molecule has 0 spiro atoms. The Morgan fingerprint density at radius 3 is 2.69 bits per heavy atom. The zero-order valence-electron chi connectivity index (χ0n) is 8.89. The van der Waals surface area contributed by atoms with Crippen LogP contribution < -0.4 is 14.2 Å². The van der Waals surface area contributed by atoms with Gasteiger partial charge >= 0.3 is 5.97 Å². The molecule has 1 aromatic carbocycles. The van der Waals surface area contributed by atoms with Gasteiger partial charge in [-0.1, -0.05) is 6.92 Å². The van der Waals surface area contributed by atoms with Crippen molar-refractivity contribution in [2.24, 2.45) is 0 Å². The molecule has 1 aliphatic heterocycles. The smallest absolute Gasteiger partial charge is 0.310 e. The molecule has 0 aliphatic carbocycles. The van der Waals surface area contributed by atoms with Crippen LogP contribution >= 0.6 is 12.4 Å². The quantitative estimate of drug-likeness (QED) is 0.591. The minimum absolute atomic E-state index is 0. The lowest BCUT2D eigenvalue weighted by Gasteiger charge is -2.18. The maximum atomic E-state index is 11.1. The molecular weight excluding hydrogens is 232 g/mol. The number of halogens is 1. The highest BCUT2D eigenvalue weighted by molar-refractivity contribution is 5.85. The Morgan fingerprint density at radius 2 is 2.00 bits per heavy atom. The monoisotopic (exact) mass is 244 g/mol. The van der Waals surface area contributed by atoms with Crippen molar-refractivity contribution >= 4 is 18.4 Å². The summed E-state index contributed by atoms with van der Waals surface area (Å²) in [5.41, 5.74) is 0. The molecule has 0 radical (unpaired) electrons. The van der Waals surface area contributed by atoms with E-state index in [9.17, 15) is 4.79 Å². The number of rotatable bonds is 2. The molecule has 0 amide bonds. The van der Waals surface area contributed by atoms with E-state index < -0.39 is 0 Å². The van der Waals surface area contributed by atoms with Crippen molar-refractivity contribution in [3.8, 4) is 17.2 Å². The van der Waals surface area contributed by atoms with Crippen molar-refractivity contribution in [1.82, 2.24) is 0 Å². The molecule has 16 heavy (non-hydrogen) atoms. The first-order valence-electron chi connectivity index (χ1n) is 4.90. The van der Waals surface area contributed by atoms with E-state index in [1.165, 1.54) is 0 Å². The average Bonchev–Trinajstić information content (AvgIpc) is 2.29. The molecule has 1 aromatic rings. The highest BCUT2D eigenvalue weighted by Gasteiger charge is 2.13. The maximum Gasteiger partial charge on any atom is 0.310 e. The summed E-state index contributed by atoms with van der Waals surface area (Å²) in [6.45, 7) is 2.83. The van der Waals surface area contributed by atoms with Crippen LogP contribution in [0.15, 0.2) is 18.2 Å². The standard InChI is InChI=1S/C11H12O4.ClH/c1-2-11(12)15-8-3-4-9-10(7-8)14-6-5-13-9;/h3-4,7H,2,5-6H2,1H3;1H. The molecule has 0 bridgehead atoms. The number of hydrogen-bond donors (Lipinski definition) is 0. The number of benzene rings is 1. The summed E-state index contributed by atoms with van der Waals surface area (Å²) in [7, 11) is 0. The van der Waals surface area contributed by atoms with E-state index in [1.54, 1.807) is 25.1 Å². The summed E-state index contributed by atoms with van der Waals surface area (Å²) in [5.74, 6) is 1.55. The van der Waals surface area contributed by atoms with E-state index in [1.807, 2.05) is 0 Å². The molecule has 0 aromatic heterocycles. The molecule has 0 saturated heterocycles. The highest BCUT2D eigenvalue weighted by Crippen LogP contribution is 2.33. The SMILES string of the molecule is CCC(=O)Oc1ccc2c(c1)OCCO2.Cl. The van der Waals surface area contributed by atoms with Crippen molar-refractivity contribution in [1.29, 1.82) is 0 Å². The van der Waals surface area contributed by atoms with Crippen LogP contribution in [0.1, 0.15) is 13.3 Å². The largest absolute Gasteiger partial charge is 0.486 e. The van der Waals surface area contributed by atoms with Crippen LogP contribution in [-0.4, -0.2) is 19.2 Å². The number of carbonyl (C=O) groups excluding carboxylic acids is 1. The van der Waals surface area contributed by atoms with Gasteiger partial charge in [-0.05, 0) is 12.1 Å². The first kappa shape index (κ1) is 12.6. The fourth-order valence-corrected chi connectivity index (χ4v) is 1.29. The fourth-order valence-electron chi connectivity index (χ4n) is 1.29. The van der Waals surface area contributed by atoms with Gasteiger partial charge in [-0.3, -0.25) is 4.79 Å². The fraction of sp³-hybridized carbons (Fsp3) is 0.364. The molecule has 1 aliphatic rings. The molecule has 5 heteroatoms. The summed E-state index contributed by atoms with van der Waals surface area (Å²) in [6.07, 6.45) is 0.356. The molecule has 4 nitrogen and oxygen atoms in total. The summed E-state index contributed by atoms with van der Waals surface area (Å²) in [6, 6.07) is 5.11. The highest BCUT2D eigenvalue weighted by atomic mass is 35.5. The number of esters is 1. The van der Waals surface area contributed by atoms with Gasteiger partial charge in [0.25, 0.3) is 0 Å². The molecule has 0 fully saturated rings. The van der Waals surface area contributed by atoms with Gasteiger partial charge in [0.15, 0.2) is 11.5 Å². The average molecular weight is 245 g/mol. The molecule has 0 N–H and O–H groups in total. The van der Waals surface area contributed by atoms with Crippen molar-refractivity contribution in [3.05, 3.63) is 18.2 Å². The van der Waals surface area contributed by atoms with Crippen LogP contribution in [0.3, 0.4) is 0 Å². The Balaban J connectivity index is 0.00000128. The number of fused-ring (bicyclic) bond motifs is 1. The maximum absolute atomic E-state index is 11.1. The van der Waals surface area contributed by atoms with Gasteiger partial charge in [-0.2, -0.15) is 0 Å². The zero-order chi connectivity index (χ0) is 10.7. The molecule has 1 heterocycles. The lowest BCUT2D eigenvalue weighted by atomic mass is 10.3. The van der Waals surface area contributed by atoms with Crippen LogP contribution in [0.2, 0.25) is 0 Å². The Kier molecular flexibility index (Phi) is 4.43. The minimum Gasteiger partial charge on any atom is -0.486 e. The third kappa shape index (κ3) is 2.79. The van der Waals surface area contributed by atoms with Crippen LogP contribution in [-0.2, 0) is 4.79 Å². The van der Waals surface area contributed by atoms with Gasteiger partial charge in [0, 0.05) is 12.5 Å². The number of hydrogen-bond acceptors (Lipinski definition) is 4. The lowest BCUT2D eigenvalue weighted by molar-refractivity contribution is -0.134. The molecule has 0 unspecified atom stereocenters. The van der Waals surface area contributed by atoms with E-state index >= 15 is 0 Å². The van der Waals surface area contributed by atoms with Gasteiger partial charge < -0.3 is 14.2 Å². The summed E-state index contributed by atoms with van der Waals surface area (Å²) in [4.78, 5) is 11.1. The van der Waals surface area contributed by atoms with Gasteiger partial charge in [-0.15, -0.1) is 12.4 Å². The third-order valence-corrected chi connectivity index (χ3v) is 2.03. The van der Waals surface area contributed by atoms with E-state index in [0.29, 0.717) is 36.9 Å². The van der Waals surface area contributed by atoms with Gasteiger partial charge in [0.1, 0.15) is 19.0 Å². The zero-order valence-corrected chi connectivity index (χ0v) is 9.71. The Morgan fingerprint density at radius 1 is 1.31 bits per heavy atom. The van der Waals surface area contributed by atoms with Crippen molar-refractivity contribution < 1.29 is 19.0 Å². The van der Waals surface area contributed by atoms with E-state index in [4.69, 9.17) is 14.2 Å². The predicted molar refractivity (Wildman–Crippen MR) is 60.6 cm³/mol. The molecule has 0 saturated carbocycles. The summed E-state index contributed by atoms with van der Waals surface area (Å²) < 4.78 is 15.8. The van der Waals surface area contributed by atoms with Crippen LogP contribution in [0, 0.1) is 0 Å². The van der Waals surface area contributed by atoms with E-state index in [0.717, 1.165) is 0 Å². The Labute approximate surface area is 99.9 Å². The van der Waals surface area contributed by atoms with Crippen LogP contribution in [0.5, 0.6) is 17.2 Å². The van der Waals surface area contributed by atoms with Crippen LogP contribution in [0.25, 0.3) is 0 Å². The number of carbonyl (C=O) groups is 1. The van der Waals surface area contributed by atoms with Crippen molar-refractivity contribution in [2.75, 3.05) is 13.2 Å². The lowest BCUT2D eigenvalue weighted by Crippen LogP contribution is -2.15. The topological polar surface area (TPSA) is 44.8 Å². The molecule has 2 rings (SSSR count). The first-order valence-corrected chi connectivity index (χ1v) is 4.90. The minimum atomic E-state index is -0.258. The van der Waals surface area contributed by atoms with E-state index in [2.05, 4.69) is 0 Å². The first-order chi connectivity index (χ1) is 7.29.